The Labute approximate surface area is 116 Å². The van der Waals surface area contributed by atoms with Crippen LogP contribution in [0.2, 0.25) is 0 Å². The first-order chi connectivity index (χ1) is 9.30. The second-order valence-corrected chi connectivity index (χ2v) is 6.65. The summed E-state index contributed by atoms with van der Waals surface area (Å²) in [7, 11) is -3.87. The Kier molecular flexibility index (Phi) is 3.79. The summed E-state index contributed by atoms with van der Waals surface area (Å²) in [4.78, 5) is 9.33. The van der Waals surface area contributed by atoms with Gasteiger partial charge in [-0.05, 0) is 31.7 Å². The maximum absolute atomic E-state index is 13.5. The van der Waals surface area contributed by atoms with Gasteiger partial charge in [0.25, 0.3) is 0 Å². The molecule has 0 spiro atoms. The van der Waals surface area contributed by atoms with E-state index in [0.717, 1.165) is 31.4 Å². The van der Waals surface area contributed by atoms with Crippen molar-refractivity contribution in [1.29, 1.82) is 0 Å². The highest BCUT2D eigenvalue weighted by molar-refractivity contribution is 7.89. The first-order valence-corrected chi connectivity index (χ1v) is 7.76. The van der Waals surface area contributed by atoms with E-state index in [2.05, 4.69) is 4.72 Å². The molecule has 20 heavy (non-hydrogen) atoms. The van der Waals surface area contributed by atoms with Crippen molar-refractivity contribution in [2.45, 2.75) is 43.0 Å². The third-order valence-corrected chi connectivity index (χ3v) is 5.34. The lowest BCUT2D eigenvalue weighted by atomic mass is 9.76. The molecular weight excluding hydrogens is 287 g/mol. The Morgan fingerprint density at radius 2 is 2.10 bits per heavy atom. The molecule has 2 rings (SSSR count). The van der Waals surface area contributed by atoms with E-state index in [0.29, 0.717) is 12.5 Å². The van der Waals surface area contributed by atoms with Crippen molar-refractivity contribution in [2.24, 2.45) is 0 Å². The van der Waals surface area contributed by atoms with Gasteiger partial charge in [-0.1, -0.05) is 6.92 Å². The molecule has 0 bridgehead atoms. The van der Waals surface area contributed by atoms with Crippen molar-refractivity contribution in [3.05, 3.63) is 34.1 Å². The Balaban J connectivity index is 2.30. The SMILES string of the molecule is CCC1(NS(=O)(=O)c2ccc([N+](=O)[O-])c(F)c2)CCC1. The number of nitrogens with zero attached hydrogens (tertiary/aromatic N) is 1. The van der Waals surface area contributed by atoms with Crippen molar-refractivity contribution in [3.8, 4) is 0 Å². The number of hydrogen-bond acceptors (Lipinski definition) is 4. The average molecular weight is 302 g/mol. The summed E-state index contributed by atoms with van der Waals surface area (Å²) >= 11 is 0. The van der Waals surface area contributed by atoms with E-state index in [1.165, 1.54) is 0 Å². The predicted octanol–water partition coefficient (Wildman–Crippen LogP) is 2.34. The average Bonchev–Trinajstić information content (AvgIpc) is 2.33. The largest absolute Gasteiger partial charge is 0.304 e. The van der Waals surface area contributed by atoms with Crippen LogP contribution >= 0.6 is 0 Å². The van der Waals surface area contributed by atoms with Crippen LogP contribution in [0.5, 0.6) is 0 Å². The number of benzene rings is 1. The fourth-order valence-corrected chi connectivity index (χ4v) is 3.82. The number of hydrogen-bond donors (Lipinski definition) is 1. The highest BCUT2D eigenvalue weighted by Crippen LogP contribution is 2.36. The first-order valence-electron chi connectivity index (χ1n) is 6.28. The molecule has 0 unspecified atom stereocenters. The molecule has 6 nitrogen and oxygen atoms in total. The van der Waals surface area contributed by atoms with Gasteiger partial charge in [-0.2, -0.15) is 4.39 Å². The Hall–Kier alpha value is -1.54. The van der Waals surface area contributed by atoms with Crippen LogP contribution < -0.4 is 4.72 Å². The van der Waals surface area contributed by atoms with Gasteiger partial charge in [-0.15, -0.1) is 0 Å². The number of sulfonamides is 1. The molecule has 0 aromatic heterocycles. The summed E-state index contributed by atoms with van der Waals surface area (Å²) in [5.74, 6) is -1.16. The van der Waals surface area contributed by atoms with Crippen LogP contribution in [0.25, 0.3) is 0 Å². The highest BCUT2D eigenvalue weighted by Gasteiger charge is 2.39. The number of halogens is 1. The number of nitro benzene ring substituents is 1. The molecule has 0 heterocycles. The van der Waals surface area contributed by atoms with Crippen LogP contribution in [0.1, 0.15) is 32.6 Å². The molecular formula is C12H15FN2O4S. The van der Waals surface area contributed by atoms with Crippen molar-refractivity contribution in [2.75, 3.05) is 0 Å². The quantitative estimate of drug-likeness (QED) is 0.668. The lowest BCUT2D eigenvalue weighted by Crippen LogP contribution is -2.52. The monoisotopic (exact) mass is 302 g/mol. The molecule has 1 saturated carbocycles. The molecule has 0 saturated heterocycles. The van der Waals surface area contributed by atoms with E-state index in [1.54, 1.807) is 0 Å². The fourth-order valence-electron chi connectivity index (χ4n) is 2.28. The fraction of sp³-hybridized carbons (Fsp3) is 0.500. The van der Waals surface area contributed by atoms with E-state index in [4.69, 9.17) is 0 Å². The number of nitro groups is 1. The lowest BCUT2D eigenvalue weighted by molar-refractivity contribution is -0.387. The molecule has 0 atom stereocenters. The van der Waals surface area contributed by atoms with Gasteiger partial charge in [0.2, 0.25) is 15.8 Å². The van der Waals surface area contributed by atoms with Gasteiger partial charge in [0, 0.05) is 17.7 Å². The highest BCUT2D eigenvalue weighted by atomic mass is 32.2. The summed E-state index contributed by atoms with van der Waals surface area (Å²) in [6.45, 7) is 1.89. The second-order valence-electron chi connectivity index (χ2n) is 4.96. The van der Waals surface area contributed by atoms with E-state index < -0.39 is 32.0 Å². The second kappa shape index (κ2) is 5.10. The summed E-state index contributed by atoms with van der Waals surface area (Å²) < 4.78 is 40.5. The molecule has 1 aliphatic carbocycles. The van der Waals surface area contributed by atoms with Crippen LogP contribution in [-0.2, 0) is 10.0 Å². The zero-order valence-corrected chi connectivity index (χ0v) is 11.7. The summed E-state index contributed by atoms with van der Waals surface area (Å²) in [5, 5.41) is 10.5. The smallest absolute Gasteiger partial charge is 0.258 e. The van der Waals surface area contributed by atoms with Crippen LogP contribution in [0.4, 0.5) is 10.1 Å². The normalized spacial score (nSPS) is 17.5. The molecule has 110 valence electrons. The molecule has 1 aromatic carbocycles. The Morgan fingerprint density at radius 1 is 1.45 bits per heavy atom. The van der Waals surface area contributed by atoms with Crippen LogP contribution in [0, 0.1) is 15.9 Å². The van der Waals surface area contributed by atoms with Gasteiger partial charge >= 0.3 is 5.69 Å². The summed E-state index contributed by atoms with van der Waals surface area (Å²) in [6, 6.07) is 2.59. The maximum atomic E-state index is 13.5. The van der Waals surface area contributed by atoms with E-state index >= 15 is 0 Å². The lowest BCUT2D eigenvalue weighted by Gasteiger charge is -2.41. The van der Waals surface area contributed by atoms with Crippen molar-refractivity contribution in [3.63, 3.8) is 0 Å². The third-order valence-electron chi connectivity index (χ3n) is 3.76. The van der Waals surface area contributed by atoms with Gasteiger partial charge in [-0.25, -0.2) is 13.1 Å². The number of nitrogens with one attached hydrogen (secondary N) is 1. The van der Waals surface area contributed by atoms with Crippen LogP contribution in [0.3, 0.4) is 0 Å². The van der Waals surface area contributed by atoms with E-state index in [-0.39, 0.29) is 4.90 Å². The van der Waals surface area contributed by atoms with Crippen molar-refractivity contribution >= 4 is 15.7 Å². The van der Waals surface area contributed by atoms with Crippen molar-refractivity contribution in [1.82, 2.24) is 4.72 Å². The molecule has 0 amide bonds. The van der Waals surface area contributed by atoms with Gasteiger partial charge < -0.3 is 0 Å². The molecule has 0 radical (unpaired) electrons. The van der Waals surface area contributed by atoms with Gasteiger partial charge in [-0.3, -0.25) is 10.1 Å². The zero-order valence-electron chi connectivity index (χ0n) is 10.9. The molecule has 8 heteroatoms. The molecule has 0 aliphatic heterocycles. The maximum Gasteiger partial charge on any atom is 0.304 e. The van der Waals surface area contributed by atoms with E-state index in [9.17, 15) is 22.9 Å². The van der Waals surface area contributed by atoms with Gasteiger partial charge in [0.1, 0.15) is 0 Å². The molecule has 1 aliphatic rings. The minimum absolute atomic E-state index is 0.291. The zero-order chi connectivity index (χ0) is 15.0. The minimum atomic E-state index is -3.87. The standard InChI is InChI=1S/C12H15FN2O4S/c1-2-12(6-3-7-12)14-20(18,19)9-4-5-11(15(16)17)10(13)8-9/h4-5,8,14H,2-3,6-7H2,1H3. The topological polar surface area (TPSA) is 89.3 Å². The number of rotatable bonds is 5. The predicted molar refractivity (Wildman–Crippen MR) is 70.2 cm³/mol. The molecule has 1 aromatic rings. The van der Waals surface area contributed by atoms with Crippen LogP contribution in [0.15, 0.2) is 23.1 Å². The van der Waals surface area contributed by atoms with Gasteiger partial charge in [0.05, 0.1) is 9.82 Å². The third kappa shape index (κ3) is 2.66. The summed E-state index contributed by atoms with van der Waals surface area (Å²) in [5.41, 5.74) is -1.20. The Morgan fingerprint density at radius 3 is 2.50 bits per heavy atom. The minimum Gasteiger partial charge on any atom is -0.258 e. The first kappa shape index (κ1) is 14.9. The van der Waals surface area contributed by atoms with Crippen molar-refractivity contribution < 1.29 is 17.7 Å². The van der Waals surface area contributed by atoms with Crippen LogP contribution in [-0.4, -0.2) is 18.9 Å². The van der Waals surface area contributed by atoms with Gasteiger partial charge in [0.15, 0.2) is 0 Å². The Bertz CT molecular complexity index is 635. The molecule has 1 N–H and O–H groups in total. The summed E-state index contributed by atoms with van der Waals surface area (Å²) in [6.07, 6.45) is 3.10. The van der Waals surface area contributed by atoms with E-state index in [1.807, 2.05) is 6.92 Å². The molecule has 1 fully saturated rings.